The number of hydrogen-bond donors (Lipinski definition) is 1. The maximum absolute atomic E-state index is 14.4. The molecule has 0 atom stereocenters. The number of nitrogens with one attached hydrogen (secondary N) is 1. The van der Waals surface area contributed by atoms with Gasteiger partial charge in [-0.1, -0.05) is 0 Å². The van der Waals surface area contributed by atoms with Crippen molar-refractivity contribution in [1.29, 1.82) is 0 Å². The molecule has 1 aromatic heterocycles. The van der Waals surface area contributed by atoms with Crippen LogP contribution in [0.25, 0.3) is 11.3 Å². The van der Waals surface area contributed by atoms with Gasteiger partial charge in [0, 0.05) is 29.6 Å². The summed E-state index contributed by atoms with van der Waals surface area (Å²) in [6.45, 7) is 1.67. The lowest BCUT2D eigenvalue weighted by atomic mass is 10.1. The molecule has 33 heavy (non-hydrogen) atoms. The van der Waals surface area contributed by atoms with E-state index in [9.17, 15) is 17.6 Å². The quantitative estimate of drug-likeness (QED) is 0.586. The summed E-state index contributed by atoms with van der Waals surface area (Å²) >= 11 is 1.22. The van der Waals surface area contributed by atoms with Gasteiger partial charge in [-0.25, -0.2) is 17.8 Å². The number of carbonyl (C=O) groups is 1. The minimum Gasteiger partial charge on any atom is -0.486 e. The number of sulfonamides is 1. The van der Waals surface area contributed by atoms with E-state index in [2.05, 4.69) is 10.3 Å². The molecule has 0 bridgehead atoms. The molecule has 1 fully saturated rings. The van der Waals surface area contributed by atoms with Crippen LogP contribution in [0.3, 0.4) is 0 Å². The van der Waals surface area contributed by atoms with Gasteiger partial charge in [0.05, 0.1) is 5.69 Å². The van der Waals surface area contributed by atoms with Crippen molar-refractivity contribution in [3.63, 3.8) is 0 Å². The van der Waals surface area contributed by atoms with E-state index >= 15 is 0 Å². The van der Waals surface area contributed by atoms with Gasteiger partial charge in [-0.05, 0) is 49.2 Å². The summed E-state index contributed by atoms with van der Waals surface area (Å²) in [5, 5.41) is 4.78. The predicted molar refractivity (Wildman–Crippen MR) is 121 cm³/mol. The molecule has 172 valence electrons. The average molecular weight is 490 g/mol. The van der Waals surface area contributed by atoms with Crippen LogP contribution < -0.4 is 14.8 Å². The Morgan fingerprint density at radius 2 is 1.82 bits per heavy atom. The topological polar surface area (TPSA) is 97.8 Å². The van der Waals surface area contributed by atoms with E-state index in [0.29, 0.717) is 48.6 Å². The summed E-state index contributed by atoms with van der Waals surface area (Å²) in [5.74, 6) is -0.148. The van der Waals surface area contributed by atoms with Gasteiger partial charge in [0.2, 0.25) is 10.0 Å². The molecule has 1 saturated heterocycles. The van der Waals surface area contributed by atoms with Crippen molar-refractivity contribution >= 4 is 32.4 Å². The fraction of sp³-hybridized carbons (Fsp3) is 0.273. The Morgan fingerprint density at radius 1 is 1.06 bits per heavy atom. The number of aromatic nitrogens is 1. The number of benzene rings is 2. The smallest absolute Gasteiger partial charge is 0.257 e. The molecule has 2 aliphatic heterocycles. The highest BCUT2D eigenvalue weighted by atomic mass is 32.2. The second-order valence-electron chi connectivity index (χ2n) is 7.61. The number of anilines is 1. The Balaban J connectivity index is 1.35. The standard InChI is InChI=1S/C22H20FN3O5S2/c23-16-5-3-15(12-20(16)33(28,29)26-7-1-2-8-26)21(27)25-22-24-17(13-32-22)14-4-6-18-19(11-14)31-10-9-30-18/h3-6,11-13H,1-2,7-10H2,(H,24,25,27). The lowest BCUT2D eigenvalue weighted by Gasteiger charge is -2.18. The molecular weight excluding hydrogens is 469 g/mol. The summed E-state index contributed by atoms with van der Waals surface area (Å²) in [6, 6.07) is 8.81. The number of fused-ring (bicyclic) bond motifs is 1. The van der Waals surface area contributed by atoms with E-state index in [0.717, 1.165) is 30.5 Å². The number of rotatable bonds is 5. The van der Waals surface area contributed by atoms with E-state index in [-0.39, 0.29) is 5.56 Å². The van der Waals surface area contributed by atoms with E-state index in [1.165, 1.54) is 21.7 Å². The van der Waals surface area contributed by atoms with Gasteiger partial charge < -0.3 is 9.47 Å². The molecule has 1 amide bonds. The van der Waals surface area contributed by atoms with E-state index < -0.39 is 26.6 Å². The summed E-state index contributed by atoms with van der Waals surface area (Å²) in [5.41, 5.74) is 1.48. The molecule has 2 aliphatic rings. The first-order valence-electron chi connectivity index (χ1n) is 10.4. The third-order valence-corrected chi connectivity index (χ3v) is 8.11. The Bertz CT molecular complexity index is 1320. The number of nitrogens with zero attached hydrogens (tertiary/aromatic N) is 2. The first-order valence-corrected chi connectivity index (χ1v) is 12.7. The van der Waals surface area contributed by atoms with Gasteiger partial charge in [0.25, 0.3) is 5.91 Å². The molecule has 1 N–H and O–H groups in total. The second kappa shape index (κ2) is 8.73. The second-order valence-corrected chi connectivity index (χ2v) is 10.4. The highest BCUT2D eigenvalue weighted by Crippen LogP contribution is 2.35. The number of carbonyl (C=O) groups excluding carboxylic acids is 1. The van der Waals surface area contributed by atoms with E-state index in [1.807, 2.05) is 18.2 Å². The number of thiazole rings is 1. The zero-order chi connectivity index (χ0) is 23.0. The van der Waals surface area contributed by atoms with Gasteiger partial charge in [-0.3, -0.25) is 10.1 Å². The third-order valence-electron chi connectivity index (χ3n) is 5.44. The Labute approximate surface area is 194 Å². The Kier molecular flexibility index (Phi) is 5.77. The van der Waals surface area contributed by atoms with Gasteiger partial charge >= 0.3 is 0 Å². The van der Waals surface area contributed by atoms with Crippen molar-refractivity contribution in [3.05, 3.63) is 53.2 Å². The van der Waals surface area contributed by atoms with Crippen LogP contribution in [0.4, 0.5) is 9.52 Å². The number of halogens is 1. The van der Waals surface area contributed by atoms with Gasteiger partial charge in [0.1, 0.15) is 23.9 Å². The van der Waals surface area contributed by atoms with Gasteiger partial charge in [-0.2, -0.15) is 4.31 Å². The monoisotopic (exact) mass is 489 g/mol. The molecule has 3 aromatic rings. The third kappa shape index (κ3) is 4.31. The molecule has 0 radical (unpaired) electrons. The molecule has 2 aromatic carbocycles. The highest BCUT2D eigenvalue weighted by Gasteiger charge is 2.30. The lowest BCUT2D eigenvalue weighted by molar-refractivity contribution is 0.102. The lowest BCUT2D eigenvalue weighted by Crippen LogP contribution is -2.29. The maximum Gasteiger partial charge on any atom is 0.257 e. The summed E-state index contributed by atoms with van der Waals surface area (Å²) in [7, 11) is -3.99. The SMILES string of the molecule is O=C(Nc1nc(-c2ccc3c(c2)OCCO3)cs1)c1ccc(F)c(S(=O)(=O)N2CCCC2)c1. The molecule has 0 unspecified atom stereocenters. The Morgan fingerprint density at radius 3 is 2.61 bits per heavy atom. The molecule has 0 aliphatic carbocycles. The van der Waals surface area contributed by atoms with Crippen LogP contribution in [0.1, 0.15) is 23.2 Å². The summed E-state index contributed by atoms with van der Waals surface area (Å²) < 4.78 is 52.3. The van der Waals surface area contributed by atoms with Crippen LogP contribution in [-0.4, -0.2) is 49.9 Å². The number of amides is 1. The molecule has 5 rings (SSSR count). The van der Waals surface area contributed by atoms with Gasteiger partial charge in [-0.15, -0.1) is 11.3 Å². The van der Waals surface area contributed by atoms with Crippen LogP contribution in [0.15, 0.2) is 46.7 Å². The van der Waals surface area contributed by atoms with Crippen LogP contribution in [-0.2, 0) is 10.0 Å². The largest absolute Gasteiger partial charge is 0.486 e. The number of hydrogen-bond acceptors (Lipinski definition) is 7. The normalized spacial score (nSPS) is 16.0. The molecular formula is C22H20FN3O5S2. The molecule has 8 nitrogen and oxygen atoms in total. The van der Waals surface area contributed by atoms with Crippen molar-refractivity contribution in [2.75, 3.05) is 31.6 Å². The zero-order valence-electron chi connectivity index (χ0n) is 17.4. The van der Waals surface area contributed by atoms with Crippen molar-refractivity contribution in [2.45, 2.75) is 17.7 Å². The molecule has 0 saturated carbocycles. The van der Waals surface area contributed by atoms with Crippen molar-refractivity contribution < 1.29 is 27.1 Å². The number of ether oxygens (including phenoxy) is 2. The highest BCUT2D eigenvalue weighted by molar-refractivity contribution is 7.89. The van der Waals surface area contributed by atoms with Gasteiger partial charge in [0.15, 0.2) is 16.6 Å². The average Bonchev–Trinajstić information content (AvgIpc) is 3.52. The maximum atomic E-state index is 14.4. The minimum atomic E-state index is -3.99. The van der Waals surface area contributed by atoms with Crippen molar-refractivity contribution in [2.24, 2.45) is 0 Å². The molecule has 0 spiro atoms. The Hall–Kier alpha value is -3.02. The first-order chi connectivity index (χ1) is 15.9. The predicted octanol–water partition coefficient (Wildman–Crippen LogP) is 3.76. The van der Waals surface area contributed by atoms with Crippen molar-refractivity contribution in [1.82, 2.24) is 9.29 Å². The molecule has 11 heteroatoms. The fourth-order valence-electron chi connectivity index (χ4n) is 3.75. The zero-order valence-corrected chi connectivity index (χ0v) is 19.0. The van der Waals surface area contributed by atoms with Crippen LogP contribution >= 0.6 is 11.3 Å². The van der Waals surface area contributed by atoms with E-state index in [4.69, 9.17) is 9.47 Å². The van der Waals surface area contributed by atoms with Crippen LogP contribution in [0, 0.1) is 5.82 Å². The van der Waals surface area contributed by atoms with E-state index in [1.54, 1.807) is 5.38 Å². The van der Waals surface area contributed by atoms with Crippen LogP contribution in [0.5, 0.6) is 11.5 Å². The fourth-order valence-corrected chi connectivity index (χ4v) is 6.07. The summed E-state index contributed by atoms with van der Waals surface area (Å²) in [6.07, 6.45) is 1.47. The van der Waals surface area contributed by atoms with Crippen LogP contribution in [0.2, 0.25) is 0 Å². The minimum absolute atomic E-state index is 0.0326. The van der Waals surface area contributed by atoms with Crippen molar-refractivity contribution in [3.8, 4) is 22.8 Å². The molecule has 3 heterocycles. The summed E-state index contributed by atoms with van der Waals surface area (Å²) in [4.78, 5) is 16.7. The first kappa shape index (κ1) is 21.8.